The molecule has 1 heterocycles. The Balaban J connectivity index is 1.86. The molecule has 2 nitrogen and oxygen atoms in total. The highest BCUT2D eigenvalue weighted by Crippen LogP contribution is 2.40. The van der Waals surface area contributed by atoms with Crippen molar-refractivity contribution in [2.45, 2.75) is 31.7 Å². The van der Waals surface area contributed by atoms with E-state index in [-0.39, 0.29) is 6.04 Å². The highest BCUT2D eigenvalue weighted by Gasteiger charge is 2.23. The molecule has 2 aromatic rings. The van der Waals surface area contributed by atoms with Gasteiger partial charge in [-0.2, -0.15) is 0 Å². The zero-order valence-corrected chi connectivity index (χ0v) is 10.7. The number of hydrogen-bond donors (Lipinski definition) is 1. The van der Waals surface area contributed by atoms with Crippen molar-refractivity contribution in [1.29, 1.82) is 0 Å². The Labute approximate surface area is 106 Å². The first-order valence-corrected chi connectivity index (χ1v) is 6.93. The van der Waals surface area contributed by atoms with Crippen LogP contribution >= 0.6 is 11.3 Å². The van der Waals surface area contributed by atoms with Gasteiger partial charge in [-0.1, -0.05) is 24.3 Å². The van der Waals surface area contributed by atoms with Crippen molar-refractivity contribution in [2.24, 2.45) is 5.73 Å². The molecule has 1 aliphatic rings. The molecule has 17 heavy (non-hydrogen) atoms. The van der Waals surface area contributed by atoms with Crippen LogP contribution in [0.15, 0.2) is 29.6 Å². The second kappa shape index (κ2) is 4.24. The third kappa shape index (κ3) is 2.26. The van der Waals surface area contributed by atoms with Gasteiger partial charge in [0.1, 0.15) is 5.01 Å². The van der Waals surface area contributed by atoms with Gasteiger partial charge < -0.3 is 5.73 Å². The Hall–Kier alpha value is -1.19. The van der Waals surface area contributed by atoms with Crippen molar-refractivity contribution in [3.63, 3.8) is 0 Å². The normalized spacial score (nSPS) is 17.1. The van der Waals surface area contributed by atoms with Crippen LogP contribution < -0.4 is 5.73 Å². The molecule has 88 valence electrons. The molecular weight excluding hydrogens is 228 g/mol. The number of nitrogens with zero attached hydrogens (tertiary/aromatic N) is 1. The summed E-state index contributed by atoms with van der Waals surface area (Å²) in [6.45, 7) is 1.97. The molecule has 2 N–H and O–H groups in total. The summed E-state index contributed by atoms with van der Waals surface area (Å²) in [7, 11) is 0. The number of aromatic nitrogens is 1. The van der Waals surface area contributed by atoms with E-state index >= 15 is 0 Å². The lowest BCUT2D eigenvalue weighted by Crippen LogP contribution is -2.04. The zero-order valence-electron chi connectivity index (χ0n) is 9.89. The van der Waals surface area contributed by atoms with Gasteiger partial charge in [-0.05, 0) is 31.2 Å². The maximum absolute atomic E-state index is 5.82. The molecule has 1 atom stereocenters. The summed E-state index contributed by atoms with van der Waals surface area (Å²) in [5.74, 6) is 0.819. The van der Waals surface area contributed by atoms with Crippen LogP contribution in [0.4, 0.5) is 0 Å². The fraction of sp³-hybridized carbons (Fsp3) is 0.357. The number of thiazole rings is 1. The Morgan fingerprint density at radius 3 is 2.53 bits per heavy atom. The summed E-state index contributed by atoms with van der Waals surface area (Å²) in [6, 6.07) is 8.85. The van der Waals surface area contributed by atoms with E-state index in [9.17, 15) is 0 Å². The molecule has 0 aliphatic heterocycles. The summed E-state index contributed by atoms with van der Waals surface area (Å²) < 4.78 is 0. The van der Waals surface area contributed by atoms with Crippen molar-refractivity contribution in [3.05, 3.63) is 40.9 Å². The Bertz CT molecular complexity index is 509. The lowest BCUT2D eigenvalue weighted by molar-refractivity contribution is 0.790. The molecule has 1 saturated carbocycles. The van der Waals surface area contributed by atoms with Crippen molar-refractivity contribution < 1.29 is 0 Å². The van der Waals surface area contributed by atoms with E-state index < -0.39 is 0 Å². The minimum absolute atomic E-state index is 0.0192. The van der Waals surface area contributed by atoms with Crippen LogP contribution in [0.2, 0.25) is 0 Å². The Kier molecular flexibility index (Phi) is 2.73. The predicted octanol–water partition coefficient (Wildman–Crippen LogP) is 3.71. The third-order valence-corrected chi connectivity index (χ3v) is 4.10. The summed E-state index contributed by atoms with van der Waals surface area (Å²) in [5, 5.41) is 3.12. The summed E-state index contributed by atoms with van der Waals surface area (Å²) in [4.78, 5) is 4.56. The molecule has 0 saturated heterocycles. The molecule has 0 spiro atoms. The van der Waals surface area contributed by atoms with E-state index in [1.807, 2.05) is 6.92 Å². The predicted molar refractivity (Wildman–Crippen MR) is 72.1 cm³/mol. The average Bonchev–Trinajstić information content (AvgIpc) is 3.06. The van der Waals surface area contributed by atoms with Gasteiger partial charge in [0.25, 0.3) is 0 Å². The van der Waals surface area contributed by atoms with Crippen molar-refractivity contribution >= 4 is 11.3 Å². The quantitative estimate of drug-likeness (QED) is 0.894. The first kappa shape index (κ1) is 10.9. The monoisotopic (exact) mass is 244 g/mol. The number of nitrogens with two attached hydrogens (primary N) is 1. The van der Waals surface area contributed by atoms with Gasteiger partial charge in [0.05, 0.1) is 5.69 Å². The molecule has 1 unspecified atom stereocenters. The fourth-order valence-corrected chi connectivity index (χ4v) is 2.87. The Morgan fingerprint density at radius 1 is 1.29 bits per heavy atom. The van der Waals surface area contributed by atoms with Crippen LogP contribution in [0.25, 0.3) is 10.6 Å². The first-order valence-electron chi connectivity index (χ1n) is 6.05. The zero-order chi connectivity index (χ0) is 11.8. The van der Waals surface area contributed by atoms with E-state index in [0.29, 0.717) is 0 Å². The fourth-order valence-electron chi connectivity index (χ4n) is 1.94. The highest BCUT2D eigenvalue weighted by molar-refractivity contribution is 7.13. The van der Waals surface area contributed by atoms with Gasteiger partial charge >= 0.3 is 0 Å². The molecule has 0 amide bonds. The highest BCUT2D eigenvalue weighted by atomic mass is 32.1. The van der Waals surface area contributed by atoms with Crippen LogP contribution in [-0.2, 0) is 0 Å². The SMILES string of the molecule is CC(N)c1csc(-c2ccc(C3CC3)cc2)n1. The minimum Gasteiger partial charge on any atom is -0.323 e. The van der Waals surface area contributed by atoms with Gasteiger partial charge in [0.2, 0.25) is 0 Å². The van der Waals surface area contributed by atoms with Crippen LogP contribution in [0.5, 0.6) is 0 Å². The van der Waals surface area contributed by atoms with Crippen molar-refractivity contribution in [1.82, 2.24) is 4.98 Å². The number of hydrogen-bond acceptors (Lipinski definition) is 3. The van der Waals surface area contributed by atoms with E-state index in [1.54, 1.807) is 11.3 Å². The maximum Gasteiger partial charge on any atom is 0.123 e. The lowest BCUT2D eigenvalue weighted by Gasteiger charge is -2.01. The van der Waals surface area contributed by atoms with Crippen LogP contribution in [-0.4, -0.2) is 4.98 Å². The van der Waals surface area contributed by atoms with E-state index in [1.165, 1.54) is 24.0 Å². The maximum atomic E-state index is 5.82. The van der Waals surface area contributed by atoms with Gasteiger partial charge in [0, 0.05) is 17.0 Å². The third-order valence-electron chi connectivity index (χ3n) is 3.19. The smallest absolute Gasteiger partial charge is 0.123 e. The number of benzene rings is 1. The van der Waals surface area contributed by atoms with E-state index in [4.69, 9.17) is 5.73 Å². The summed E-state index contributed by atoms with van der Waals surface area (Å²) >= 11 is 1.67. The summed E-state index contributed by atoms with van der Waals surface area (Å²) in [5.41, 5.74) is 9.47. The van der Waals surface area contributed by atoms with Gasteiger partial charge in [-0.3, -0.25) is 0 Å². The molecule has 0 bridgehead atoms. The van der Waals surface area contributed by atoms with Crippen molar-refractivity contribution in [2.75, 3.05) is 0 Å². The van der Waals surface area contributed by atoms with Crippen molar-refractivity contribution in [3.8, 4) is 10.6 Å². The second-order valence-electron chi connectivity index (χ2n) is 4.76. The molecule has 1 aromatic heterocycles. The van der Waals surface area contributed by atoms with E-state index in [2.05, 4.69) is 34.6 Å². The standard InChI is InChI=1S/C14H16N2S/c1-9(15)13-8-17-14(16-13)12-6-4-11(5-7-12)10-2-3-10/h4-10H,2-3,15H2,1H3. The topological polar surface area (TPSA) is 38.9 Å². The molecular formula is C14H16N2S. The second-order valence-corrected chi connectivity index (χ2v) is 5.62. The minimum atomic E-state index is 0.0192. The molecule has 1 aromatic carbocycles. The first-order chi connectivity index (χ1) is 8.24. The Morgan fingerprint density at radius 2 is 2.00 bits per heavy atom. The average molecular weight is 244 g/mol. The van der Waals surface area contributed by atoms with E-state index in [0.717, 1.165) is 16.6 Å². The largest absolute Gasteiger partial charge is 0.323 e. The molecule has 1 aliphatic carbocycles. The molecule has 1 fully saturated rings. The van der Waals surface area contributed by atoms with Crippen LogP contribution in [0, 0.1) is 0 Å². The van der Waals surface area contributed by atoms with Crippen LogP contribution in [0.3, 0.4) is 0 Å². The van der Waals surface area contributed by atoms with Gasteiger partial charge in [0.15, 0.2) is 0 Å². The number of rotatable bonds is 3. The lowest BCUT2D eigenvalue weighted by atomic mass is 10.1. The molecule has 3 heteroatoms. The summed E-state index contributed by atoms with van der Waals surface area (Å²) in [6.07, 6.45) is 2.71. The molecule has 0 radical (unpaired) electrons. The van der Waals surface area contributed by atoms with Crippen LogP contribution in [0.1, 0.15) is 43.0 Å². The molecule has 3 rings (SSSR count). The van der Waals surface area contributed by atoms with Gasteiger partial charge in [-0.15, -0.1) is 11.3 Å². The van der Waals surface area contributed by atoms with Gasteiger partial charge in [-0.25, -0.2) is 4.98 Å².